The molecule has 0 saturated heterocycles. The second kappa shape index (κ2) is 7.08. The number of hydrogen-bond donors (Lipinski definition) is 1. The standard InChI is InChI=1S/C13H19FN2O2/c1-3-18-13(17)9-16(2)8-11-6-12(14)5-4-10(11)7-15/h4-6H,3,7-9,15H2,1-2H3. The molecule has 0 heterocycles. The van der Waals surface area contributed by atoms with Crippen molar-refractivity contribution in [2.75, 3.05) is 20.2 Å². The van der Waals surface area contributed by atoms with Gasteiger partial charge in [0.05, 0.1) is 13.2 Å². The smallest absolute Gasteiger partial charge is 0.320 e. The van der Waals surface area contributed by atoms with E-state index in [1.54, 1.807) is 24.9 Å². The van der Waals surface area contributed by atoms with Gasteiger partial charge in [-0.25, -0.2) is 4.39 Å². The van der Waals surface area contributed by atoms with Gasteiger partial charge in [-0.3, -0.25) is 9.69 Å². The highest BCUT2D eigenvalue weighted by Crippen LogP contribution is 2.13. The van der Waals surface area contributed by atoms with Crippen LogP contribution in [0.15, 0.2) is 18.2 Å². The molecule has 0 saturated carbocycles. The van der Waals surface area contributed by atoms with Crippen molar-refractivity contribution in [3.63, 3.8) is 0 Å². The summed E-state index contributed by atoms with van der Waals surface area (Å²) in [6, 6.07) is 4.50. The highest BCUT2D eigenvalue weighted by atomic mass is 19.1. The van der Waals surface area contributed by atoms with E-state index in [9.17, 15) is 9.18 Å². The minimum Gasteiger partial charge on any atom is -0.465 e. The normalized spacial score (nSPS) is 10.7. The third kappa shape index (κ3) is 4.43. The molecule has 0 aliphatic heterocycles. The Kier molecular flexibility index (Phi) is 5.74. The molecule has 0 bridgehead atoms. The molecular formula is C13H19FN2O2. The van der Waals surface area contributed by atoms with Gasteiger partial charge >= 0.3 is 5.97 Å². The first-order chi connectivity index (χ1) is 8.56. The van der Waals surface area contributed by atoms with Gasteiger partial charge in [0.25, 0.3) is 0 Å². The lowest BCUT2D eigenvalue weighted by molar-refractivity contribution is -0.144. The van der Waals surface area contributed by atoms with Crippen LogP contribution in [0, 0.1) is 5.82 Å². The summed E-state index contributed by atoms with van der Waals surface area (Å²) in [5.41, 5.74) is 7.27. The predicted octanol–water partition coefficient (Wildman–Crippen LogP) is 1.28. The number of halogens is 1. The van der Waals surface area contributed by atoms with Crippen molar-refractivity contribution in [1.29, 1.82) is 0 Å². The number of esters is 1. The Balaban J connectivity index is 2.66. The van der Waals surface area contributed by atoms with Gasteiger partial charge in [0.1, 0.15) is 5.82 Å². The SMILES string of the molecule is CCOC(=O)CN(C)Cc1cc(F)ccc1CN. The first-order valence-corrected chi connectivity index (χ1v) is 5.88. The molecule has 2 N–H and O–H groups in total. The summed E-state index contributed by atoms with van der Waals surface area (Å²) in [6.07, 6.45) is 0. The molecule has 0 radical (unpaired) electrons. The molecule has 0 aromatic heterocycles. The quantitative estimate of drug-likeness (QED) is 0.777. The summed E-state index contributed by atoms with van der Waals surface area (Å²) in [5.74, 6) is -0.586. The highest BCUT2D eigenvalue weighted by molar-refractivity contribution is 5.71. The second-order valence-electron chi connectivity index (χ2n) is 4.09. The van der Waals surface area contributed by atoms with Crippen LogP contribution in [0.2, 0.25) is 0 Å². The van der Waals surface area contributed by atoms with E-state index in [1.165, 1.54) is 12.1 Å². The molecule has 0 unspecified atom stereocenters. The van der Waals surface area contributed by atoms with E-state index in [2.05, 4.69) is 0 Å². The summed E-state index contributed by atoms with van der Waals surface area (Å²) in [7, 11) is 1.78. The fourth-order valence-electron chi connectivity index (χ4n) is 1.71. The van der Waals surface area contributed by atoms with E-state index in [4.69, 9.17) is 10.5 Å². The maximum atomic E-state index is 13.2. The van der Waals surface area contributed by atoms with Crippen LogP contribution < -0.4 is 5.73 Å². The Morgan fingerprint density at radius 1 is 1.44 bits per heavy atom. The van der Waals surface area contributed by atoms with Crippen molar-refractivity contribution in [1.82, 2.24) is 4.90 Å². The van der Waals surface area contributed by atoms with Crippen LogP contribution in [0.25, 0.3) is 0 Å². The van der Waals surface area contributed by atoms with Gasteiger partial charge in [-0.05, 0) is 37.2 Å². The van der Waals surface area contributed by atoms with Crippen molar-refractivity contribution < 1.29 is 13.9 Å². The minimum atomic E-state index is -0.299. The van der Waals surface area contributed by atoms with Crippen LogP contribution in [0.4, 0.5) is 4.39 Å². The molecule has 0 spiro atoms. The van der Waals surface area contributed by atoms with E-state index < -0.39 is 0 Å². The summed E-state index contributed by atoms with van der Waals surface area (Å²) < 4.78 is 18.0. The molecule has 1 aromatic rings. The van der Waals surface area contributed by atoms with Gasteiger partial charge in [-0.2, -0.15) is 0 Å². The van der Waals surface area contributed by atoms with E-state index in [0.717, 1.165) is 11.1 Å². The fourth-order valence-corrected chi connectivity index (χ4v) is 1.71. The Hall–Kier alpha value is -1.46. The number of rotatable bonds is 6. The van der Waals surface area contributed by atoms with E-state index in [0.29, 0.717) is 19.7 Å². The largest absolute Gasteiger partial charge is 0.465 e. The molecule has 0 atom stereocenters. The maximum absolute atomic E-state index is 13.2. The lowest BCUT2D eigenvalue weighted by atomic mass is 10.1. The maximum Gasteiger partial charge on any atom is 0.320 e. The molecule has 4 nitrogen and oxygen atoms in total. The Bertz CT molecular complexity index is 410. The zero-order valence-corrected chi connectivity index (χ0v) is 10.8. The third-order valence-electron chi connectivity index (χ3n) is 2.53. The number of nitrogens with zero attached hydrogens (tertiary/aromatic N) is 1. The van der Waals surface area contributed by atoms with Gasteiger partial charge in [-0.1, -0.05) is 6.07 Å². The first-order valence-electron chi connectivity index (χ1n) is 5.88. The lowest BCUT2D eigenvalue weighted by Crippen LogP contribution is -2.27. The summed E-state index contributed by atoms with van der Waals surface area (Å²) in [6.45, 7) is 3.11. The third-order valence-corrected chi connectivity index (χ3v) is 2.53. The highest BCUT2D eigenvalue weighted by Gasteiger charge is 2.10. The number of ether oxygens (including phenoxy) is 1. The van der Waals surface area contributed by atoms with E-state index in [-0.39, 0.29) is 18.3 Å². The molecule has 0 aliphatic rings. The molecule has 18 heavy (non-hydrogen) atoms. The average molecular weight is 254 g/mol. The second-order valence-corrected chi connectivity index (χ2v) is 4.09. The van der Waals surface area contributed by atoms with Gasteiger partial charge in [-0.15, -0.1) is 0 Å². The summed E-state index contributed by atoms with van der Waals surface area (Å²) in [4.78, 5) is 13.1. The van der Waals surface area contributed by atoms with Crippen molar-refractivity contribution in [2.45, 2.75) is 20.0 Å². The molecular weight excluding hydrogens is 235 g/mol. The first kappa shape index (κ1) is 14.6. The van der Waals surface area contributed by atoms with Crippen molar-refractivity contribution in [3.8, 4) is 0 Å². The predicted molar refractivity (Wildman–Crippen MR) is 67.3 cm³/mol. The number of likely N-dealkylation sites (N-methyl/N-ethyl adjacent to an activating group) is 1. The zero-order chi connectivity index (χ0) is 13.5. The molecule has 0 amide bonds. The molecule has 0 aliphatic carbocycles. The fraction of sp³-hybridized carbons (Fsp3) is 0.462. The lowest BCUT2D eigenvalue weighted by Gasteiger charge is -2.17. The molecule has 100 valence electrons. The van der Waals surface area contributed by atoms with E-state index in [1.807, 2.05) is 0 Å². The Labute approximate surface area is 107 Å². The van der Waals surface area contributed by atoms with Gasteiger partial charge < -0.3 is 10.5 Å². The van der Waals surface area contributed by atoms with Crippen molar-refractivity contribution >= 4 is 5.97 Å². The van der Waals surface area contributed by atoms with E-state index >= 15 is 0 Å². The molecule has 0 fully saturated rings. The molecule has 1 aromatic carbocycles. The minimum absolute atomic E-state index is 0.175. The molecule has 1 rings (SSSR count). The van der Waals surface area contributed by atoms with Gasteiger partial charge in [0.15, 0.2) is 0 Å². The zero-order valence-electron chi connectivity index (χ0n) is 10.8. The number of hydrogen-bond acceptors (Lipinski definition) is 4. The number of benzene rings is 1. The average Bonchev–Trinajstić information content (AvgIpc) is 2.29. The number of carbonyl (C=O) groups excluding carboxylic acids is 1. The van der Waals surface area contributed by atoms with Crippen molar-refractivity contribution in [2.24, 2.45) is 5.73 Å². The van der Waals surface area contributed by atoms with Crippen LogP contribution in [-0.4, -0.2) is 31.1 Å². The number of carbonyl (C=O) groups is 1. The number of nitrogens with two attached hydrogens (primary N) is 1. The van der Waals surface area contributed by atoms with Crippen LogP contribution in [0.1, 0.15) is 18.1 Å². The van der Waals surface area contributed by atoms with Crippen LogP contribution in [0.3, 0.4) is 0 Å². The van der Waals surface area contributed by atoms with Crippen LogP contribution in [-0.2, 0) is 22.6 Å². The summed E-state index contributed by atoms with van der Waals surface area (Å²) >= 11 is 0. The van der Waals surface area contributed by atoms with Crippen molar-refractivity contribution in [3.05, 3.63) is 35.1 Å². The van der Waals surface area contributed by atoms with Crippen LogP contribution >= 0.6 is 0 Å². The summed E-state index contributed by atoms with van der Waals surface area (Å²) in [5, 5.41) is 0. The Morgan fingerprint density at radius 2 is 2.17 bits per heavy atom. The van der Waals surface area contributed by atoms with Gasteiger partial charge in [0.2, 0.25) is 0 Å². The Morgan fingerprint density at radius 3 is 2.78 bits per heavy atom. The molecule has 5 heteroatoms. The van der Waals surface area contributed by atoms with Gasteiger partial charge in [0, 0.05) is 13.1 Å². The topological polar surface area (TPSA) is 55.6 Å². The van der Waals surface area contributed by atoms with Crippen LogP contribution in [0.5, 0.6) is 0 Å². The monoisotopic (exact) mass is 254 g/mol.